The number of aliphatic carboxylic acids is 1. The first-order chi connectivity index (χ1) is 37.6. The summed E-state index contributed by atoms with van der Waals surface area (Å²) < 4.78 is 34.7. The fraction of sp³-hybridized carbons (Fsp3) is 0.154. The summed E-state index contributed by atoms with van der Waals surface area (Å²) in [6.07, 6.45) is -3.12. The number of aromatic nitrogens is 6. The molecule has 0 radical (unpaired) electrons. The maximum absolute atomic E-state index is 14.2. The van der Waals surface area contributed by atoms with Crippen molar-refractivity contribution in [3.63, 3.8) is 0 Å². The van der Waals surface area contributed by atoms with E-state index in [1.54, 1.807) is 97.9 Å². The Balaban J connectivity index is 0.000000210. The SMILES string of the molecule is CCOC(=O)[C@H](O)CN(N)Cc1ccc(-c2cc(Cl)ccc2F)cc1.O=C(NN(Cc1ccc(-c2cc(Cl)ccc2F)cc1)C[C@@H](O)C(=O)O)c1nn(-c2cccc(Cl)c2)c(=O)[nH]1.O=C(O)c1nn(-c2cccc(Cl)c2)c(=O)[nH]1. The lowest BCUT2D eigenvalue weighted by atomic mass is 10.0. The van der Waals surface area contributed by atoms with E-state index in [4.69, 9.17) is 67.2 Å². The highest BCUT2D eigenvalue weighted by atomic mass is 35.5. The summed E-state index contributed by atoms with van der Waals surface area (Å²) in [5, 5.41) is 49.1. The van der Waals surface area contributed by atoms with Crippen LogP contribution >= 0.6 is 46.4 Å². The normalized spacial score (nSPS) is 11.7. The van der Waals surface area contributed by atoms with Crippen molar-refractivity contribution >= 4 is 70.2 Å². The smallest absolute Gasteiger partial charge is 0.373 e. The van der Waals surface area contributed by atoms with Gasteiger partial charge in [0.2, 0.25) is 11.6 Å². The molecule has 0 spiro atoms. The summed E-state index contributed by atoms with van der Waals surface area (Å²) in [5.41, 5.74) is 5.29. The molecule has 8 aromatic rings. The molecular weight excluding hydrogens is 1120 g/mol. The zero-order valence-electron chi connectivity index (χ0n) is 41.1. The minimum absolute atomic E-state index is 0.0341. The predicted molar refractivity (Wildman–Crippen MR) is 288 cm³/mol. The number of hydrogen-bond donors (Lipinski definition) is 8. The van der Waals surface area contributed by atoms with Crippen molar-refractivity contribution < 1.29 is 53.1 Å². The fourth-order valence-corrected chi connectivity index (χ4v) is 7.83. The van der Waals surface area contributed by atoms with Gasteiger partial charge in [0.1, 0.15) is 11.6 Å². The second kappa shape index (κ2) is 28.0. The number of rotatable bonds is 18. The molecule has 0 aliphatic carbocycles. The van der Waals surface area contributed by atoms with E-state index in [2.05, 4.69) is 25.6 Å². The van der Waals surface area contributed by atoms with Crippen LogP contribution in [0.15, 0.2) is 143 Å². The number of nitrogens with one attached hydrogen (secondary N) is 3. The third-order valence-electron chi connectivity index (χ3n) is 10.8. The van der Waals surface area contributed by atoms with Crippen LogP contribution in [0.5, 0.6) is 0 Å². The molecule has 0 aliphatic heterocycles. The summed E-state index contributed by atoms with van der Waals surface area (Å²) in [4.78, 5) is 74.3. The number of ether oxygens (including phenoxy) is 1. The summed E-state index contributed by atoms with van der Waals surface area (Å²) in [6.45, 7) is 1.61. The molecule has 0 bridgehead atoms. The number of carboxylic acid groups (broad SMARTS) is 2. The quantitative estimate of drug-likeness (QED) is 0.0245. The van der Waals surface area contributed by atoms with Crippen LogP contribution in [0, 0.1) is 11.6 Å². The number of aromatic amines is 2. The average molecular weight is 1170 g/mol. The number of aliphatic hydroxyl groups is 2. The third-order valence-corrected chi connectivity index (χ3v) is 11.7. The van der Waals surface area contributed by atoms with Crippen molar-refractivity contribution in [1.29, 1.82) is 0 Å². The first-order valence-electron chi connectivity index (χ1n) is 23.1. The van der Waals surface area contributed by atoms with Gasteiger partial charge in [-0.25, -0.2) is 42.8 Å². The largest absolute Gasteiger partial charge is 0.479 e. The number of carbonyl (C=O) groups excluding carboxylic acids is 2. The fourth-order valence-electron chi connectivity index (χ4n) is 7.12. The van der Waals surface area contributed by atoms with Crippen LogP contribution in [0.1, 0.15) is 39.3 Å². The average Bonchev–Trinajstić information content (AvgIpc) is 4.03. The van der Waals surface area contributed by atoms with Gasteiger partial charge in [0.05, 0.1) is 31.1 Å². The number of halogens is 6. The van der Waals surface area contributed by atoms with Gasteiger partial charge in [-0.15, -0.1) is 10.2 Å². The number of aromatic carboxylic acids is 1. The van der Waals surface area contributed by atoms with E-state index >= 15 is 0 Å². The number of aliphatic hydroxyl groups excluding tert-OH is 2. The summed E-state index contributed by atoms with van der Waals surface area (Å²) in [6, 6.07) is 34.9. The molecule has 0 fully saturated rings. The number of nitrogens with zero attached hydrogens (tertiary/aromatic N) is 6. The van der Waals surface area contributed by atoms with Crippen LogP contribution in [0.3, 0.4) is 0 Å². The summed E-state index contributed by atoms with van der Waals surface area (Å²) in [5.74, 6) is -0.0820. The van der Waals surface area contributed by atoms with Gasteiger partial charge in [-0.1, -0.05) is 107 Å². The Labute approximate surface area is 466 Å². The number of hydrazine groups is 2. The Morgan fingerprint density at radius 2 is 1.10 bits per heavy atom. The number of esters is 1. The van der Waals surface area contributed by atoms with Crippen molar-refractivity contribution in [2.75, 3.05) is 19.7 Å². The maximum atomic E-state index is 14.2. The first-order valence-corrected chi connectivity index (χ1v) is 24.6. The number of benzene rings is 6. The standard InChI is InChI=1S/C25H20Cl2FN5O5.C18H20ClFN2O3.C9H6ClN3O3/c26-16-2-1-3-18(10-16)33-25(38)29-22(30-33)23(35)31-32(13-21(34)24(36)37)12-14-4-6-15(7-5-14)19-11-17(27)8-9-20(19)28;1-2-25-18(24)17(23)11-22(21)10-12-3-5-13(6-4-12)15-9-14(19)7-8-16(15)20;10-5-2-1-3-6(4-5)13-9(16)11-7(12-13)8(14)15/h1-11,21,34H,12-13H2,(H,31,35)(H,36,37)(H,29,30,38);3-9,17,23H,2,10-11,21H2,1H3;1-4H,(H,14,15)(H,11,12,16)/t21-;17-;/m11./s1. The van der Waals surface area contributed by atoms with Gasteiger partial charge in [-0.05, 0) is 102 Å². The number of hydrogen-bond acceptors (Lipinski definition) is 14. The van der Waals surface area contributed by atoms with Crippen molar-refractivity contribution in [1.82, 2.24) is 45.0 Å². The van der Waals surface area contributed by atoms with Gasteiger partial charge in [0, 0.05) is 44.3 Å². The van der Waals surface area contributed by atoms with Gasteiger partial charge in [-0.3, -0.25) is 26.0 Å². The Hall–Kier alpha value is -8.10. The Morgan fingerprint density at radius 1 is 0.646 bits per heavy atom. The molecule has 2 atom stereocenters. The number of nitrogens with two attached hydrogens (primary N) is 1. The number of carbonyl (C=O) groups is 4. The second-order valence-corrected chi connectivity index (χ2v) is 18.4. The molecule has 79 heavy (non-hydrogen) atoms. The molecular formula is C52H46Cl4F2N10O11. The molecule has 9 N–H and O–H groups in total. The summed E-state index contributed by atoms with van der Waals surface area (Å²) >= 11 is 23.6. The Morgan fingerprint density at radius 3 is 1.54 bits per heavy atom. The highest BCUT2D eigenvalue weighted by Gasteiger charge is 2.24. The highest BCUT2D eigenvalue weighted by molar-refractivity contribution is 6.31. The lowest BCUT2D eigenvalue weighted by Gasteiger charge is -2.24. The van der Waals surface area contributed by atoms with E-state index in [-0.39, 0.29) is 31.3 Å². The van der Waals surface area contributed by atoms with Gasteiger partial charge in [0.25, 0.3) is 0 Å². The minimum atomic E-state index is -1.82. The van der Waals surface area contributed by atoms with Crippen LogP contribution in [0.25, 0.3) is 33.6 Å². The zero-order chi connectivity index (χ0) is 57.5. The molecule has 27 heteroatoms. The zero-order valence-corrected chi connectivity index (χ0v) is 44.1. The van der Waals surface area contributed by atoms with Crippen molar-refractivity contribution in [2.45, 2.75) is 32.2 Å². The highest BCUT2D eigenvalue weighted by Crippen LogP contribution is 2.28. The molecule has 0 saturated carbocycles. The van der Waals surface area contributed by atoms with Crippen LogP contribution in [-0.4, -0.2) is 116 Å². The van der Waals surface area contributed by atoms with Crippen LogP contribution < -0.4 is 22.6 Å². The van der Waals surface area contributed by atoms with Crippen molar-refractivity contribution in [3.05, 3.63) is 209 Å². The van der Waals surface area contributed by atoms with E-state index in [0.29, 0.717) is 65.8 Å². The van der Waals surface area contributed by atoms with Crippen molar-refractivity contribution in [2.24, 2.45) is 5.84 Å². The lowest BCUT2D eigenvalue weighted by Crippen LogP contribution is -2.47. The number of amides is 1. The van der Waals surface area contributed by atoms with E-state index in [0.717, 1.165) is 19.9 Å². The molecule has 6 aromatic carbocycles. The molecule has 21 nitrogen and oxygen atoms in total. The van der Waals surface area contributed by atoms with Crippen LogP contribution in [-0.2, 0) is 27.4 Å². The first kappa shape index (κ1) is 60.1. The van der Waals surface area contributed by atoms with Gasteiger partial charge < -0.3 is 25.2 Å². The molecule has 0 unspecified atom stereocenters. The molecule has 0 aliphatic rings. The van der Waals surface area contributed by atoms with Gasteiger partial charge in [-0.2, -0.15) is 9.36 Å². The van der Waals surface area contributed by atoms with Gasteiger partial charge in [0.15, 0.2) is 12.2 Å². The molecule has 1 amide bonds. The van der Waals surface area contributed by atoms with E-state index in [1.165, 1.54) is 47.5 Å². The van der Waals surface area contributed by atoms with Crippen LogP contribution in [0.4, 0.5) is 8.78 Å². The van der Waals surface area contributed by atoms with Crippen molar-refractivity contribution in [3.8, 4) is 33.6 Å². The molecule has 8 rings (SSSR count). The number of carboxylic acids is 2. The van der Waals surface area contributed by atoms with Crippen LogP contribution in [0.2, 0.25) is 20.1 Å². The third kappa shape index (κ3) is 17.2. The Bertz CT molecular complexity index is 3560. The predicted octanol–water partition coefficient (Wildman–Crippen LogP) is 6.92. The van der Waals surface area contributed by atoms with E-state index < -0.39 is 65.6 Å². The maximum Gasteiger partial charge on any atom is 0.373 e. The molecule has 2 aromatic heterocycles. The topological polar surface area (TPSA) is 304 Å². The second-order valence-electron chi connectivity index (χ2n) is 16.7. The molecule has 2 heterocycles. The minimum Gasteiger partial charge on any atom is -0.479 e. The lowest BCUT2D eigenvalue weighted by molar-refractivity contribution is -0.154. The molecule has 412 valence electrons. The van der Waals surface area contributed by atoms with E-state index in [9.17, 15) is 47.8 Å². The molecule has 0 saturated heterocycles. The number of H-pyrrole nitrogens is 2. The Kier molecular flexibility index (Phi) is 21.3. The monoisotopic (exact) mass is 1160 g/mol. The summed E-state index contributed by atoms with van der Waals surface area (Å²) in [7, 11) is 0. The van der Waals surface area contributed by atoms with E-state index in [1.807, 2.05) is 0 Å². The van der Waals surface area contributed by atoms with Gasteiger partial charge >= 0.3 is 35.2 Å².